The molecule has 0 radical (unpaired) electrons. The van der Waals surface area contributed by atoms with Crippen molar-refractivity contribution >= 4 is 29.9 Å². The van der Waals surface area contributed by atoms with Gasteiger partial charge in [0.1, 0.15) is 12.6 Å². The van der Waals surface area contributed by atoms with Crippen molar-refractivity contribution < 1.29 is 24.3 Å². The summed E-state index contributed by atoms with van der Waals surface area (Å²) in [6, 6.07) is 4.63. The van der Waals surface area contributed by atoms with Crippen LogP contribution in [-0.4, -0.2) is 46.8 Å². The molecule has 1 aliphatic heterocycles. The summed E-state index contributed by atoms with van der Waals surface area (Å²) in [5, 5.41) is 13.8. The molecular formula is C22H37N3O5. The number of carbonyl (C=O) groups is 4. The minimum Gasteiger partial charge on any atom is -0.480 e. The van der Waals surface area contributed by atoms with Crippen LogP contribution < -0.4 is 10.6 Å². The topological polar surface area (TPSA) is 116 Å². The average Bonchev–Trinajstić information content (AvgIpc) is 2.76. The lowest BCUT2D eigenvalue weighted by atomic mass is 10.0. The van der Waals surface area contributed by atoms with Crippen LogP contribution in [0.15, 0.2) is 18.2 Å². The summed E-state index contributed by atoms with van der Waals surface area (Å²) in [5.41, 5.74) is 2.19. The second kappa shape index (κ2) is 17.0. The molecule has 1 fully saturated rings. The van der Waals surface area contributed by atoms with Crippen molar-refractivity contribution in [1.82, 2.24) is 10.2 Å². The van der Waals surface area contributed by atoms with E-state index in [9.17, 15) is 19.2 Å². The first-order valence-corrected chi connectivity index (χ1v) is 10.5. The van der Waals surface area contributed by atoms with Gasteiger partial charge in [0.2, 0.25) is 18.2 Å². The molecule has 170 valence electrons. The van der Waals surface area contributed by atoms with Gasteiger partial charge < -0.3 is 15.3 Å². The molecule has 2 rings (SSSR count). The van der Waals surface area contributed by atoms with Crippen molar-refractivity contribution in [2.24, 2.45) is 0 Å². The smallest absolute Gasteiger partial charge is 0.322 e. The zero-order valence-electron chi connectivity index (χ0n) is 19.2. The summed E-state index contributed by atoms with van der Waals surface area (Å²) in [5.74, 6) is -1.84. The Morgan fingerprint density at radius 1 is 1.20 bits per heavy atom. The summed E-state index contributed by atoms with van der Waals surface area (Å²) >= 11 is 0. The maximum Gasteiger partial charge on any atom is 0.322 e. The number of nitrogens with zero attached hydrogens (tertiary/aromatic N) is 1. The largest absolute Gasteiger partial charge is 0.480 e. The van der Waals surface area contributed by atoms with Crippen molar-refractivity contribution in [2.75, 3.05) is 11.9 Å². The number of amides is 3. The highest BCUT2D eigenvalue weighted by molar-refractivity contribution is 6.00. The number of hydrogen-bond acceptors (Lipinski definition) is 5. The van der Waals surface area contributed by atoms with E-state index in [1.54, 1.807) is 12.1 Å². The third-order valence-electron chi connectivity index (χ3n) is 3.93. The van der Waals surface area contributed by atoms with E-state index in [0.29, 0.717) is 12.1 Å². The summed E-state index contributed by atoms with van der Waals surface area (Å²) < 4.78 is 0. The van der Waals surface area contributed by atoms with Crippen LogP contribution in [0.5, 0.6) is 0 Å². The van der Waals surface area contributed by atoms with E-state index < -0.39 is 17.9 Å². The lowest BCUT2D eigenvalue weighted by molar-refractivity contribution is -0.141. The van der Waals surface area contributed by atoms with Crippen LogP contribution in [0.1, 0.15) is 65.5 Å². The molecule has 1 aromatic rings. The molecular weight excluding hydrogens is 386 g/mol. The van der Waals surface area contributed by atoms with Crippen LogP contribution in [-0.2, 0) is 25.7 Å². The average molecular weight is 424 g/mol. The maximum absolute atomic E-state index is 12.0. The number of rotatable bonds is 7. The van der Waals surface area contributed by atoms with E-state index in [2.05, 4.69) is 10.6 Å². The van der Waals surface area contributed by atoms with Gasteiger partial charge in [-0.25, -0.2) is 0 Å². The molecule has 1 atom stereocenters. The normalized spacial score (nSPS) is 14.3. The van der Waals surface area contributed by atoms with E-state index in [1.807, 2.05) is 54.5 Å². The molecule has 8 nitrogen and oxygen atoms in total. The van der Waals surface area contributed by atoms with Crippen LogP contribution in [0.4, 0.5) is 5.69 Å². The van der Waals surface area contributed by atoms with Gasteiger partial charge >= 0.3 is 5.97 Å². The van der Waals surface area contributed by atoms with Crippen molar-refractivity contribution in [3.8, 4) is 0 Å². The summed E-state index contributed by atoms with van der Waals surface area (Å²) in [6.07, 6.45) is 1.03. The van der Waals surface area contributed by atoms with Gasteiger partial charge in [-0.05, 0) is 30.5 Å². The van der Waals surface area contributed by atoms with Crippen LogP contribution >= 0.6 is 0 Å². The molecule has 0 bridgehead atoms. The molecule has 0 spiro atoms. The Kier molecular flexibility index (Phi) is 16.6. The number of hydrogen-bond donors (Lipinski definition) is 3. The minimum atomic E-state index is -1.00. The molecule has 1 heterocycles. The van der Waals surface area contributed by atoms with E-state index >= 15 is 0 Å². The number of benzene rings is 1. The Morgan fingerprint density at radius 2 is 1.80 bits per heavy atom. The van der Waals surface area contributed by atoms with Crippen molar-refractivity contribution in [2.45, 2.75) is 73.9 Å². The first kappa shape index (κ1) is 29.3. The van der Waals surface area contributed by atoms with E-state index in [0.717, 1.165) is 11.1 Å². The number of carbonyl (C=O) groups excluding carboxylic acids is 3. The van der Waals surface area contributed by atoms with Gasteiger partial charge in [-0.1, -0.05) is 53.7 Å². The monoisotopic (exact) mass is 423 g/mol. The van der Waals surface area contributed by atoms with Crippen molar-refractivity contribution in [1.29, 1.82) is 0 Å². The first-order valence-electron chi connectivity index (χ1n) is 10.5. The fourth-order valence-electron chi connectivity index (χ4n) is 2.65. The van der Waals surface area contributed by atoms with Gasteiger partial charge in [-0.2, -0.15) is 0 Å². The Labute approximate surface area is 180 Å². The Balaban J connectivity index is 0. The zero-order valence-corrected chi connectivity index (χ0v) is 19.2. The number of carboxylic acid groups (broad SMARTS) is 1. The van der Waals surface area contributed by atoms with Gasteiger partial charge in [-0.3, -0.25) is 24.5 Å². The molecule has 1 saturated heterocycles. The number of aliphatic carboxylic acids is 1. The molecule has 3 N–H and O–H groups in total. The molecule has 3 amide bonds. The number of carboxylic acids is 1. The first-order chi connectivity index (χ1) is 14.4. The third kappa shape index (κ3) is 9.54. The highest BCUT2D eigenvalue weighted by atomic mass is 16.4. The number of anilines is 1. The molecule has 8 heteroatoms. The van der Waals surface area contributed by atoms with E-state index in [1.165, 1.54) is 4.90 Å². The SMILES string of the molecule is CC.CC.CC.Cc1cccc(NCC(=O)O)c1CN(C=O)C1CCC(=O)NC1=O. The van der Waals surface area contributed by atoms with Gasteiger partial charge in [0.25, 0.3) is 0 Å². The summed E-state index contributed by atoms with van der Waals surface area (Å²) in [6.45, 7) is 13.7. The fraction of sp³-hybridized carbons (Fsp3) is 0.545. The number of nitrogens with one attached hydrogen (secondary N) is 2. The molecule has 30 heavy (non-hydrogen) atoms. The zero-order chi connectivity index (χ0) is 23.7. The maximum atomic E-state index is 12.0. The lowest BCUT2D eigenvalue weighted by Gasteiger charge is -2.31. The second-order valence-electron chi connectivity index (χ2n) is 5.59. The second-order valence-corrected chi connectivity index (χ2v) is 5.59. The number of piperidine rings is 1. The standard InChI is InChI=1S/C16H19N3O5.3C2H6/c1-10-3-2-4-12(17-7-15(22)23)11(10)8-19(9-20)13-5-6-14(21)18-16(13)24;3*1-2/h2-4,9,13,17H,5-8H2,1H3,(H,22,23)(H,18,21,24);3*1-2H3. The quantitative estimate of drug-likeness (QED) is 0.458. The predicted molar refractivity (Wildman–Crippen MR) is 119 cm³/mol. The number of aryl methyl sites for hydroxylation is 1. The molecule has 1 aromatic carbocycles. The molecule has 1 aliphatic rings. The lowest BCUT2D eigenvalue weighted by Crippen LogP contribution is -2.51. The predicted octanol–water partition coefficient (Wildman–Crippen LogP) is 3.33. The Morgan fingerprint density at radius 3 is 2.30 bits per heavy atom. The van der Waals surface area contributed by atoms with Gasteiger partial charge in [0.15, 0.2) is 0 Å². The fourth-order valence-corrected chi connectivity index (χ4v) is 2.65. The molecule has 1 unspecified atom stereocenters. The van der Waals surface area contributed by atoms with Gasteiger partial charge in [0.05, 0.1) is 0 Å². The molecule has 0 aromatic heterocycles. The molecule has 0 saturated carbocycles. The van der Waals surface area contributed by atoms with Crippen LogP contribution in [0, 0.1) is 6.92 Å². The summed E-state index contributed by atoms with van der Waals surface area (Å²) in [4.78, 5) is 46.8. The third-order valence-corrected chi connectivity index (χ3v) is 3.93. The Bertz CT molecular complexity index is 677. The highest BCUT2D eigenvalue weighted by Gasteiger charge is 2.31. The van der Waals surface area contributed by atoms with Gasteiger partial charge in [0, 0.05) is 18.7 Å². The molecule has 0 aliphatic carbocycles. The van der Waals surface area contributed by atoms with Crippen molar-refractivity contribution in [3.05, 3.63) is 29.3 Å². The minimum absolute atomic E-state index is 0.143. The van der Waals surface area contributed by atoms with Crippen LogP contribution in [0.3, 0.4) is 0 Å². The van der Waals surface area contributed by atoms with E-state index in [-0.39, 0.29) is 31.8 Å². The summed E-state index contributed by atoms with van der Waals surface area (Å²) in [7, 11) is 0. The van der Waals surface area contributed by atoms with E-state index in [4.69, 9.17) is 5.11 Å². The van der Waals surface area contributed by atoms with Crippen LogP contribution in [0.2, 0.25) is 0 Å². The number of imide groups is 1. The van der Waals surface area contributed by atoms with Crippen LogP contribution in [0.25, 0.3) is 0 Å². The van der Waals surface area contributed by atoms with Crippen molar-refractivity contribution in [3.63, 3.8) is 0 Å². The van der Waals surface area contributed by atoms with Gasteiger partial charge in [-0.15, -0.1) is 0 Å². The highest BCUT2D eigenvalue weighted by Crippen LogP contribution is 2.23. The Hall–Kier alpha value is -2.90.